The quantitative estimate of drug-likeness (QED) is 0.519. The fourth-order valence-corrected chi connectivity index (χ4v) is 6.90. The first kappa shape index (κ1) is 27.9. The van der Waals surface area contributed by atoms with E-state index in [-0.39, 0.29) is 24.8 Å². The fraction of sp³-hybridized carbons (Fsp3) is 0.750. The number of aromatic nitrogens is 1. The second-order valence-corrected chi connectivity index (χ2v) is 11.8. The predicted octanol–water partition coefficient (Wildman–Crippen LogP) is 5.39. The van der Waals surface area contributed by atoms with E-state index in [9.17, 15) is 22.8 Å². The van der Waals surface area contributed by atoms with Crippen LogP contribution in [-0.2, 0) is 28.7 Å². The van der Waals surface area contributed by atoms with Crippen LogP contribution in [0.2, 0.25) is 0 Å². The number of piperidine rings is 1. The zero-order valence-electron chi connectivity index (χ0n) is 22.2. The first-order chi connectivity index (χ1) is 17.4. The molecule has 1 saturated heterocycles. The fourth-order valence-electron chi connectivity index (χ4n) is 6.90. The van der Waals surface area contributed by atoms with Crippen LogP contribution in [0.1, 0.15) is 82.5 Å². The summed E-state index contributed by atoms with van der Waals surface area (Å²) in [4.78, 5) is 33.2. The third-order valence-electron chi connectivity index (χ3n) is 9.31. The summed E-state index contributed by atoms with van der Waals surface area (Å²) in [5.74, 6) is 0.500. The number of amides is 1. The molecule has 4 atom stereocenters. The van der Waals surface area contributed by atoms with Crippen molar-refractivity contribution in [1.29, 1.82) is 0 Å². The molecule has 3 unspecified atom stereocenters. The van der Waals surface area contributed by atoms with Crippen molar-refractivity contribution in [1.82, 2.24) is 14.8 Å². The molecular weight excluding hydrogens is 483 g/mol. The average Bonchev–Trinajstić information content (AvgIpc) is 3.30. The molecule has 1 aromatic heterocycles. The highest BCUT2D eigenvalue weighted by Crippen LogP contribution is 2.49. The molecule has 6 nitrogen and oxygen atoms in total. The number of carboxylic acid groups (broad SMARTS) is 1. The Labute approximate surface area is 217 Å². The van der Waals surface area contributed by atoms with E-state index >= 15 is 0 Å². The van der Waals surface area contributed by atoms with Crippen molar-refractivity contribution in [2.24, 2.45) is 23.2 Å². The highest BCUT2D eigenvalue weighted by atomic mass is 19.4. The van der Waals surface area contributed by atoms with Crippen molar-refractivity contribution >= 4 is 11.9 Å². The molecule has 3 aliphatic rings. The number of carbonyl (C=O) groups excluding carboxylic acids is 1. The highest BCUT2D eigenvalue weighted by molar-refractivity contribution is 5.83. The molecule has 1 amide bonds. The Kier molecular flexibility index (Phi) is 8.22. The lowest BCUT2D eigenvalue weighted by Gasteiger charge is -2.42. The molecule has 4 rings (SSSR count). The van der Waals surface area contributed by atoms with E-state index in [4.69, 9.17) is 5.11 Å². The number of carboxylic acids is 1. The summed E-state index contributed by atoms with van der Waals surface area (Å²) in [7, 11) is 0. The van der Waals surface area contributed by atoms with Crippen LogP contribution in [0.3, 0.4) is 0 Å². The number of hydrogen-bond acceptors (Lipinski definition) is 4. The summed E-state index contributed by atoms with van der Waals surface area (Å²) in [5.41, 5.74) is -0.110. The highest BCUT2D eigenvalue weighted by Gasteiger charge is 2.51. The Morgan fingerprint density at radius 1 is 1.24 bits per heavy atom. The molecule has 1 aromatic rings. The summed E-state index contributed by atoms with van der Waals surface area (Å²) in [5, 5.41) is 8.93. The largest absolute Gasteiger partial charge is 0.481 e. The summed E-state index contributed by atoms with van der Waals surface area (Å²) >= 11 is 0. The first-order valence-electron chi connectivity index (χ1n) is 13.7. The zero-order valence-corrected chi connectivity index (χ0v) is 22.2. The number of carbonyl (C=O) groups is 2. The lowest BCUT2D eigenvalue weighted by atomic mass is 9.73. The van der Waals surface area contributed by atoms with Crippen LogP contribution in [0.5, 0.6) is 0 Å². The second-order valence-electron chi connectivity index (χ2n) is 11.8. The van der Waals surface area contributed by atoms with Crippen molar-refractivity contribution in [3.63, 3.8) is 0 Å². The topological polar surface area (TPSA) is 73.7 Å². The minimum Gasteiger partial charge on any atom is -0.481 e. The van der Waals surface area contributed by atoms with E-state index in [1.165, 1.54) is 0 Å². The number of hydrogen-bond donors (Lipinski definition) is 1. The molecule has 0 spiro atoms. The van der Waals surface area contributed by atoms with Gasteiger partial charge in [-0.15, -0.1) is 0 Å². The molecule has 37 heavy (non-hydrogen) atoms. The third kappa shape index (κ3) is 5.96. The average molecular weight is 524 g/mol. The Hall–Kier alpha value is -2.16. The van der Waals surface area contributed by atoms with Crippen LogP contribution in [0.15, 0.2) is 12.3 Å². The third-order valence-corrected chi connectivity index (χ3v) is 9.31. The van der Waals surface area contributed by atoms with Gasteiger partial charge in [-0.1, -0.05) is 20.8 Å². The number of likely N-dealkylation sites (tertiary alicyclic amines) is 1. The number of pyridine rings is 1. The van der Waals surface area contributed by atoms with E-state index in [0.717, 1.165) is 63.9 Å². The van der Waals surface area contributed by atoms with Gasteiger partial charge in [-0.05, 0) is 74.5 Å². The number of alkyl halides is 3. The lowest BCUT2D eigenvalue weighted by molar-refractivity contribution is -0.146. The van der Waals surface area contributed by atoms with E-state index in [1.54, 1.807) is 4.90 Å². The Bertz CT molecular complexity index is 999. The Morgan fingerprint density at radius 3 is 2.65 bits per heavy atom. The molecule has 0 aromatic carbocycles. The van der Waals surface area contributed by atoms with Crippen LogP contribution in [0.25, 0.3) is 0 Å². The Balaban J connectivity index is 1.41. The molecule has 2 fully saturated rings. The van der Waals surface area contributed by atoms with Crippen molar-refractivity contribution < 1.29 is 27.9 Å². The van der Waals surface area contributed by atoms with Gasteiger partial charge in [0.15, 0.2) is 0 Å². The van der Waals surface area contributed by atoms with Gasteiger partial charge in [-0.2, -0.15) is 13.2 Å². The molecule has 1 saturated carbocycles. The van der Waals surface area contributed by atoms with Crippen LogP contribution < -0.4 is 0 Å². The second kappa shape index (κ2) is 10.9. The van der Waals surface area contributed by atoms with Gasteiger partial charge in [0, 0.05) is 50.4 Å². The van der Waals surface area contributed by atoms with Gasteiger partial charge in [-0.3, -0.25) is 14.6 Å². The van der Waals surface area contributed by atoms with Gasteiger partial charge in [0.25, 0.3) is 0 Å². The van der Waals surface area contributed by atoms with E-state index < -0.39 is 23.1 Å². The van der Waals surface area contributed by atoms with Crippen molar-refractivity contribution in [2.45, 2.75) is 90.9 Å². The zero-order chi connectivity index (χ0) is 27.0. The summed E-state index contributed by atoms with van der Waals surface area (Å²) < 4.78 is 39.7. The SMILES string of the molecule is CC1CN(C2CC[C@@](C(=O)N3CCc4ncc(C(F)(F)F)cc4C3)(C(C)C)C2)CCC1CCCC(=O)O. The van der Waals surface area contributed by atoms with E-state index in [0.29, 0.717) is 42.1 Å². The van der Waals surface area contributed by atoms with E-state index in [1.807, 2.05) is 0 Å². The van der Waals surface area contributed by atoms with Crippen LogP contribution in [-0.4, -0.2) is 57.4 Å². The van der Waals surface area contributed by atoms with Gasteiger partial charge in [-0.25, -0.2) is 0 Å². The molecule has 0 bridgehead atoms. The van der Waals surface area contributed by atoms with Gasteiger partial charge in [0.2, 0.25) is 5.91 Å². The minimum absolute atomic E-state index is 0.0738. The van der Waals surface area contributed by atoms with Gasteiger partial charge < -0.3 is 14.9 Å². The maximum Gasteiger partial charge on any atom is 0.417 e. The number of aliphatic carboxylic acids is 1. The maximum atomic E-state index is 14.0. The Morgan fingerprint density at radius 2 is 2.00 bits per heavy atom. The first-order valence-corrected chi connectivity index (χ1v) is 13.7. The summed E-state index contributed by atoms with van der Waals surface area (Å²) in [6.45, 7) is 9.05. The van der Waals surface area contributed by atoms with Crippen molar-refractivity contribution in [3.05, 3.63) is 29.1 Å². The molecular formula is C28H40F3N3O3. The smallest absolute Gasteiger partial charge is 0.417 e. The maximum absolute atomic E-state index is 14.0. The van der Waals surface area contributed by atoms with Gasteiger partial charge in [0.1, 0.15) is 0 Å². The molecule has 9 heteroatoms. The molecule has 2 aliphatic heterocycles. The molecule has 3 heterocycles. The predicted molar refractivity (Wildman–Crippen MR) is 134 cm³/mol. The summed E-state index contributed by atoms with van der Waals surface area (Å²) in [6.07, 6.45) is 2.39. The minimum atomic E-state index is -4.45. The standard InChI is InChI=1S/C28H40F3N3O3/c1-18(2)27(26(37)34-12-9-24-21(17-34)13-22(15-32-24)28(29,30)31)10-7-23(14-27)33-11-8-20(19(3)16-33)5-4-6-25(35)36/h13,15,18-20,23H,4-12,14,16-17H2,1-3H3,(H,35,36)/t19?,20?,23?,27-/m0/s1. The number of nitrogens with zero attached hydrogens (tertiary/aromatic N) is 3. The van der Waals surface area contributed by atoms with Gasteiger partial charge >= 0.3 is 12.1 Å². The van der Waals surface area contributed by atoms with Crippen LogP contribution in [0.4, 0.5) is 13.2 Å². The van der Waals surface area contributed by atoms with E-state index in [2.05, 4.69) is 30.7 Å². The molecule has 0 radical (unpaired) electrons. The number of halogens is 3. The van der Waals surface area contributed by atoms with Crippen LogP contribution >= 0.6 is 0 Å². The van der Waals surface area contributed by atoms with Crippen molar-refractivity contribution in [2.75, 3.05) is 19.6 Å². The monoisotopic (exact) mass is 523 g/mol. The number of rotatable bonds is 7. The van der Waals surface area contributed by atoms with Crippen LogP contribution in [0, 0.1) is 23.2 Å². The molecule has 1 aliphatic carbocycles. The lowest BCUT2D eigenvalue weighted by Crippen LogP contribution is -2.49. The normalized spacial score (nSPS) is 28.9. The molecule has 1 N–H and O–H groups in total. The number of fused-ring (bicyclic) bond motifs is 1. The van der Waals surface area contributed by atoms with Gasteiger partial charge in [0.05, 0.1) is 11.0 Å². The molecule has 206 valence electrons. The van der Waals surface area contributed by atoms with Crippen molar-refractivity contribution in [3.8, 4) is 0 Å². The summed E-state index contributed by atoms with van der Waals surface area (Å²) in [6, 6.07) is 1.48.